The summed E-state index contributed by atoms with van der Waals surface area (Å²) in [7, 11) is 0. The van der Waals surface area contributed by atoms with E-state index in [1.165, 1.54) is 11.1 Å². The van der Waals surface area contributed by atoms with Crippen LogP contribution in [0.4, 0.5) is 0 Å². The SMILES string of the molecule is CCc1ccc(CC)c(C(O)C2COc3ccccc32)c1. The lowest BCUT2D eigenvalue weighted by molar-refractivity contribution is 0.129. The van der Waals surface area contributed by atoms with E-state index in [2.05, 4.69) is 38.1 Å². The van der Waals surface area contributed by atoms with E-state index < -0.39 is 6.10 Å². The Kier molecular flexibility index (Phi) is 3.98. The molecule has 0 aliphatic carbocycles. The minimum atomic E-state index is -0.505. The topological polar surface area (TPSA) is 29.5 Å². The molecule has 2 heteroatoms. The van der Waals surface area contributed by atoms with Crippen molar-refractivity contribution in [2.45, 2.75) is 38.7 Å². The summed E-state index contributed by atoms with van der Waals surface area (Å²) >= 11 is 0. The van der Waals surface area contributed by atoms with Gasteiger partial charge in [-0.2, -0.15) is 0 Å². The molecule has 1 aliphatic heterocycles. The van der Waals surface area contributed by atoms with Gasteiger partial charge >= 0.3 is 0 Å². The summed E-state index contributed by atoms with van der Waals surface area (Å²) in [5, 5.41) is 10.9. The Morgan fingerprint density at radius 1 is 1.14 bits per heavy atom. The molecule has 0 bridgehead atoms. The maximum Gasteiger partial charge on any atom is 0.123 e. The van der Waals surface area contributed by atoms with E-state index in [1.54, 1.807) is 0 Å². The molecule has 1 N–H and O–H groups in total. The van der Waals surface area contributed by atoms with Crippen molar-refractivity contribution < 1.29 is 9.84 Å². The van der Waals surface area contributed by atoms with Gasteiger partial charge < -0.3 is 9.84 Å². The molecule has 110 valence electrons. The average molecular weight is 282 g/mol. The van der Waals surface area contributed by atoms with Crippen molar-refractivity contribution in [3.05, 3.63) is 64.7 Å². The first kappa shape index (κ1) is 14.2. The number of aliphatic hydroxyl groups excluding tert-OH is 1. The van der Waals surface area contributed by atoms with Gasteiger partial charge in [0.2, 0.25) is 0 Å². The van der Waals surface area contributed by atoms with Crippen molar-refractivity contribution >= 4 is 0 Å². The summed E-state index contributed by atoms with van der Waals surface area (Å²) in [5.41, 5.74) is 4.67. The second kappa shape index (κ2) is 5.90. The maximum absolute atomic E-state index is 10.9. The van der Waals surface area contributed by atoms with Gasteiger partial charge in [-0.1, -0.05) is 50.2 Å². The molecule has 21 heavy (non-hydrogen) atoms. The largest absolute Gasteiger partial charge is 0.493 e. The van der Waals surface area contributed by atoms with E-state index in [0.717, 1.165) is 29.7 Å². The van der Waals surface area contributed by atoms with Crippen molar-refractivity contribution in [2.24, 2.45) is 0 Å². The third kappa shape index (κ3) is 2.56. The highest BCUT2D eigenvalue weighted by Crippen LogP contribution is 2.42. The molecule has 3 rings (SSSR count). The van der Waals surface area contributed by atoms with Gasteiger partial charge in [0.1, 0.15) is 5.75 Å². The zero-order valence-electron chi connectivity index (χ0n) is 12.7. The number of hydrogen-bond acceptors (Lipinski definition) is 2. The summed E-state index contributed by atoms with van der Waals surface area (Å²) in [4.78, 5) is 0. The lowest BCUT2D eigenvalue weighted by Gasteiger charge is -2.21. The number of ether oxygens (including phenoxy) is 1. The van der Waals surface area contributed by atoms with Crippen LogP contribution in [0.2, 0.25) is 0 Å². The van der Waals surface area contributed by atoms with Gasteiger partial charge in [-0.3, -0.25) is 0 Å². The first-order chi connectivity index (χ1) is 10.2. The summed E-state index contributed by atoms with van der Waals surface area (Å²) in [6.45, 7) is 4.83. The smallest absolute Gasteiger partial charge is 0.123 e. The second-order valence-electron chi connectivity index (χ2n) is 5.64. The van der Waals surface area contributed by atoms with Crippen molar-refractivity contribution in [3.8, 4) is 5.75 Å². The summed E-state index contributed by atoms with van der Waals surface area (Å²) in [6.07, 6.45) is 1.42. The fraction of sp³-hybridized carbons (Fsp3) is 0.368. The van der Waals surface area contributed by atoms with E-state index in [0.29, 0.717) is 6.61 Å². The third-order valence-corrected chi connectivity index (χ3v) is 4.44. The molecule has 0 fully saturated rings. The molecule has 1 heterocycles. The molecule has 1 aliphatic rings. The zero-order chi connectivity index (χ0) is 14.8. The quantitative estimate of drug-likeness (QED) is 0.917. The Labute approximate surface area is 126 Å². The predicted octanol–water partition coefficient (Wildman–Crippen LogP) is 4.02. The molecule has 2 nitrogen and oxygen atoms in total. The van der Waals surface area contributed by atoms with Crippen molar-refractivity contribution in [1.82, 2.24) is 0 Å². The summed E-state index contributed by atoms with van der Waals surface area (Å²) in [5.74, 6) is 0.935. The monoisotopic (exact) mass is 282 g/mol. The second-order valence-corrected chi connectivity index (χ2v) is 5.64. The zero-order valence-corrected chi connectivity index (χ0v) is 12.7. The van der Waals surface area contributed by atoms with Gasteiger partial charge in [-0.25, -0.2) is 0 Å². The number of rotatable bonds is 4. The van der Waals surface area contributed by atoms with Gasteiger partial charge in [0.25, 0.3) is 0 Å². The van der Waals surface area contributed by atoms with Crippen LogP contribution < -0.4 is 4.74 Å². The molecule has 0 radical (unpaired) electrons. The van der Waals surface area contributed by atoms with E-state index in [4.69, 9.17) is 4.74 Å². The van der Waals surface area contributed by atoms with Gasteiger partial charge in [-0.05, 0) is 35.6 Å². The molecule has 2 unspecified atom stereocenters. The van der Waals surface area contributed by atoms with Gasteiger partial charge in [-0.15, -0.1) is 0 Å². The minimum Gasteiger partial charge on any atom is -0.493 e. The van der Waals surface area contributed by atoms with Gasteiger partial charge in [0.15, 0.2) is 0 Å². The highest BCUT2D eigenvalue weighted by molar-refractivity contribution is 5.43. The number of fused-ring (bicyclic) bond motifs is 1. The Morgan fingerprint density at radius 2 is 1.95 bits per heavy atom. The Bertz CT molecular complexity index is 633. The van der Waals surface area contributed by atoms with Crippen molar-refractivity contribution in [2.75, 3.05) is 6.61 Å². The van der Waals surface area contributed by atoms with Crippen LogP contribution in [-0.4, -0.2) is 11.7 Å². The maximum atomic E-state index is 10.9. The van der Waals surface area contributed by atoms with Gasteiger partial charge in [0, 0.05) is 5.56 Å². The normalized spacial score (nSPS) is 18.1. The number of para-hydroxylation sites is 1. The van der Waals surface area contributed by atoms with E-state index in [9.17, 15) is 5.11 Å². The number of hydrogen-bond donors (Lipinski definition) is 1. The Balaban J connectivity index is 1.97. The van der Waals surface area contributed by atoms with Crippen LogP contribution in [0.25, 0.3) is 0 Å². The average Bonchev–Trinajstić information content (AvgIpc) is 2.97. The molecule has 2 atom stereocenters. The molecule has 0 saturated carbocycles. The molecule has 0 amide bonds. The molecule has 2 aromatic carbocycles. The number of aryl methyl sites for hydroxylation is 2. The van der Waals surface area contributed by atoms with Crippen LogP contribution in [0.1, 0.15) is 48.1 Å². The minimum absolute atomic E-state index is 0.0265. The number of aliphatic hydroxyl groups is 1. The van der Waals surface area contributed by atoms with E-state index >= 15 is 0 Å². The Hall–Kier alpha value is -1.80. The van der Waals surface area contributed by atoms with Crippen molar-refractivity contribution in [1.29, 1.82) is 0 Å². The first-order valence-corrected chi connectivity index (χ1v) is 7.76. The van der Waals surface area contributed by atoms with Crippen LogP contribution >= 0.6 is 0 Å². The van der Waals surface area contributed by atoms with Crippen LogP contribution in [0.3, 0.4) is 0 Å². The fourth-order valence-electron chi connectivity index (χ4n) is 3.13. The molecular weight excluding hydrogens is 260 g/mol. The van der Waals surface area contributed by atoms with Crippen LogP contribution in [0.15, 0.2) is 42.5 Å². The molecule has 0 saturated heterocycles. The first-order valence-electron chi connectivity index (χ1n) is 7.76. The number of benzene rings is 2. The van der Waals surface area contributed by atoms with Crippen molar-refractivity contribution in [3.63, 3.8) is 0 Å². The molecular formula is C19H22O2. The molecule has 0 spiro atoms. The summed E-state index contributed by atoms with van der Waals surface area (Å²) in [6, 6.07) is 14.5. The van der Waals surface area contributed by atoms with Gasteiger partial charge in [0.05, 0.1) is 18.6 Å². The van der Waals surface area contributed by atoms with Crippen LogP contribution in [-0.2, 0) is 12.8 Å². The van der Waals surface area contributed by atoms with Crippen LogP contribution in [0.5, 0.6) is 5.75 Å². The predicted molar refractivity (Wildman–Crippen MR) is 84.8 cm³/mol. The highest BCUT2D eigenvalue weighted by Gasteiger charge is 2.31. The summed E-state index contributed by atoms with van der Waals surface area (Å²) < 4.78 is 5.72. The van der Waals surface area contributed by atoms with E-state index in [-0.39, 0.29) is 5.92 Å². The fourth-order valence-corrected chi connectivity index (χ4v) is 3.13. The third-order valence-electron chi connectivity index (χ3n) is 4.44. The molecule has 2 aromatic rings. The van der Waals surface area contributed by atoms with E-state index in [1.807, 2.05) is 18.2 Å². The van der Waals surface area contributed by atoms with Crippen LogP contribution in [0, 0.1) is 0 Å². The standard InChI is InChI=1S/C19H22O2/c1-3-13-9-10-14(4-2)16(11-13)19(20)17-12-21-18-8-6-5-7-15(17)18/h5-11,17,19-20H,3-4,12H2,1-2H3. The highest BCUT2D eigenvalue weighted by atomic mass is 16.5. The lowest BCUT2D eigenvalue weighted by atomic mass is 9.87. The Morgan fingerprint density at radius 3 is 2.71 bits per heavy atom. The molecule has 0 aromatic heterocycles. The lowest BCUT2D eigenvalue weighted by Crippen LogP contribution is -2.14.